The van der Waals surface area contributed by atoms with Gasteiger partial charge in [-0.25, -0.2) is 0 Å². The molecule has 3 nitrogen and oxygen atoms in total. The van der Waals surface area contributed by atoms with Crippen molar-refractivity contribution in [1.29, 1.82) is 0 Å². The van der Waals surface area contributed by atoms with E-state index < -0.39 is 0 Å². The fraction of sp³-hybridized carbons (Fsp3) is 0.0769. The number of H-pyrrole nitrogens is 1. The Morgan fingerprint density at radius 3 is 2.88 bits per heavy atom. The van der Waals surface area contributed by atoms with Gasteiger partial charge >= 0.3 is 0 Å². The summed E-state index contributed by atoms with van der Waals surface area (Å²) in [5, 5.41) is 1.62. The van der Waals surface area contributed by atoms with Gasteiger partial charge in [0.05, 0.1) is 16.4 Å². The standard InChI is InChI=1S/C13H10N2O/c1-8-2-3-9-10(15-8)4-5-11-13(9)12(16)6-7-14-11/h2-7H,1H3,(H,14,16). The molecular formula is C13H10N2O. The van der Waals surface area contributed by atoms with Crippen LogP contribution in [-0.4, -0.2) is 9.97 Å². The average molecular weight is 210 g/mol. The highest BCUT2D eigenvalue weighted by Crippen LogP contribution is 2.19. The molecule has 3 aromatic rings. The summed E-state index contributed by atoms with van der Waals surface area (Å²) < 4.78 is 0. The van der Waals surface area contributed by atoms with Gasteiger partial charge in [-0.1, -0.05) is 6.07 Å². The fourth-order valence-electron chi connectivity index (χ4n) is 1.98. The van der Waals surface area contributed by atoms with Crippen LogP contribution < -0.4 is 5.43 Å². The zero-order valence-corrected chi connectivity index (χ0v) is 8.82. The zero-order chi connectivity index (χ0) is 11.1. The quantitative estimate of drug-likeness (QED) is 0.579. The molecule has 0 bridgehead atoms. The van der Waals surface area contributed by atoms with Gasteiger partial charge in [0.25, 0.3) is 0 Å². The van der Waals surface area contributed by atoms with E-state index in [2.05, 4.69) is 9.97 Å². The van der Waals surface area contributed by atoms with Crippen molar-refractivity contribution >= 4 is 21.8 Å². The Bertz CT molecular complexity index is 744. The second-order valence-electron chi connectivity index (χ2n) is 3.85. The van der Waals surface area contributed by atoms with Crippen LogP contribution in [0.2, 0.25) is 0 Å². The molecule has 0 fully saturated rings. The molecule has 0 radical (unpaired) electrons. The highest BCUT2D eigenvalue weighted by molar-refractivity contribution is 6.04. The molecule has 2 heterocycles. The van der Waals surface area contributed by atoms with Crippen molar-refractivity contribution in [2.75, 3.05) is 0 Å². The van der Waals surface area contributed by atoms with Crippen molar-refractivity contribution in [3.05, 3.63) is 52.4 Å². The highest BCUT2D eigenvalue weighted by atomic mass is 16.1. The molecule has 0 aliphatic heterocycles. The van der Waals surface area contributed by atoms with Crippen molar-refractivity contribution in [1.82, 2.24) is 9.97 Å². The van der Waals surface area contributed by atoms with E-state index in [9.17, 15) is 4.79 Å². The van der Waals surface area contributed by atoms with E-state index >= 15 is 0 Å². The lowest BCUT2D eigenvalue weighted by molar-refractivity contribution is 1.26. The third-order valence-corrected chi connectivity index (χ3v) is 2.73. The van der Waals surface area contributed by atoms with Gasteiger partial charge in [-0.15, -0.1) is 0 Å². The van der Waals surface area contributed by atoms with Crippen LogP contribution in [0.5, 0.6) is 0 Å². The van der Waals surface area contributed by atoms with Gasteiger partial charge in [0.2, 0.25) is 0 Å². The SMILES string of the molecule is Cc1ccc2c(ccc3[nH]ccc(=O)c32)n1. The minimum absolute atomic E-state index is 0.0324. The monoisotopic (exact) mass is 210 g/mol. The summed E-state index contributed by atoms with van der Waals surface area (Å²) >= 11 is 0. The molecule has 0 amide bonds. The average Bonchev–Trinajstić information content (AvgIpc) is 2.29. The molecule has 0 spiro atoms. The molecule has 1 N–H and O–H groups in total. The molecule has 0 saturated heterocycles. The Labute approximate surface area is 91.8 Å². The second kappa shape index (κ2) is 3.17. The van der Waals surface area contributed by atoms with Crippen molar-refractivity contribution in [2.24, 2.45) is 0 Å². The molecule has 0 aliphatic carbocycles. The number of hydrogen-bond donors (Lipinski definition) is 1. The molecule has 16 heavy (non-hydrogen) atoms. The van der Waals surface area contributed by atoms with E-state index in [1.54, 1.807) is 12.3 Å². The van der Waals surface area contributed by atoms with E-state index in [0.29, 0.717) is 5.39 Å². The minimum atomic E-state index is 0.0324. The first kappa shape index (κ1) is 9.09. The lowest BCUT2D eigenvalue weighted by Crippen LogP contribution is -2.01. The van der Waals surface area contributed by atoms with Crippen LogP contribution in [0.25, 0.3) is 21.8 Å². The summed E-state index contributed by atoms with van der Waals surface area (Å²) in [5.74, 6) is 0. The van der Waals surface area contributed by atoms with E-state index in [4.69, 9.17) is 0 Å². The molecule has 0 saturated carbocycles. The van der Waals surface area contributed by atoms with Crippen LogP contribution in [0.4, 0.5) is 0 Å². The van der Waals surface area contributed by atoms with Gasteiger partial charge in [-0.2, -0.15) is 0 Å². The molecule has 0 unspecified atom stereocenters. The maximum Gasteiger partial charge on any atom is 0.190 e. The van der Waals surface area contributed by atoms with Gasteiger partial charge in [0, 0.05) is 23.3 Å². The van der Waals surface area contributed by atoms with Gasteiger partial charge < -0.3 is 4.98 Å². The van der Waals surface area contributed by atoms with Crippen molar-refractivity contribution in [2.45, 2.75) is 6.92 Å². The highest BCUT2D eigenvalue weighted by Gasteiger charge is 2.04. The third-order valence-electron chi connectivity index (χ3n) is 2.73. The normalized spacial score (nSPS) is 11.1. The van der Waals surface area contributed by atoms with Gasteiger partial charge in [0.15, 0.2) is 5.43 Å². The number of benzene rings is 1. The Hall–Kier alpha value is -2.16. The van der Waals surface area contributed by atoms with Gasteiger partial charge in [0.1, 0.15) is 0 Å². The van der Waals surface area contributed by atoms with E-state index in [1.807, 2.05) is 31.2 Å². The molecule has 2 aromatic heterocycles. The van der Waals surface area contributed by atoms with Crippen LogP contribution in [0.15, 0.2) is 41.3 Å². The number of fused-ring (bicyclic) bond motifs is 3. The number of hydrogen-bond acceptors (Lipinski definition) is 2. The lowest BCUT2D eigenvalue weighted by Gasteiger charge is -2.02. The topological polar surface area (TPSA) is 45.8 Å². The Morgan fingerprint density at radius 2 is 2.00 bits per heavy atom. The number of aryl methyl sites for hydroxylation is 1. The largest absolute Gasteiger partial charge is 0.361 e. The second-order valence-corrected chi connectivity index (χ2v) is 3.85. The van der Waals surface area contributed by atoms with Crippen LogP contribution in [0, 0.1) is 6.92 Å². The summed E-state index contributed by atoms with van der Waals surface area (Å²) in [6.07, 6.45) is 1.66. The third kappa shape index (κ3) is 1.21. The Balaban J connectivity index is 2.63. The summed E-state index contributed by atoms with van der Waals surface area (Å²) in [6, 6.07) is 9.25. The molecular weight excluding hydrogens is 200 g/mol. The lowest BCUT2D eigenvalue weighted by atomic mass is 10.1. The Kier molecular flexibility index (Phi) is 1.80. The molecule has 0 atom stereocenters. The first-order valence-electron chi connectivity index (χ1n) is 5.13. The number of nitrogens with one attached hydrogen (secondary N) is 1. The summed E-state index contributed by atoms with van der Waals surface area (Å²) in [6.45, 7) is 1.94. The van der Waals surface area contributed by atoms with E-state index in [1.165, 1.54) is 0 Å². The number of nitrogens with zero attached hydrogens (tertiary/aromatic N) is 1. The van der Waals surface area contributed by atoms with Crippen LogP contribution >= 0.6 is 0 Å². The predicted octanol–water partition coefficient (Wildman–Crippen LogP) is 2.38. The van der Waals surface area contributed by atoms with Crippen LogP contribution in [0.3, 0.4) is 0 Å². The first-order chi connectivity index (χ1) is 7.75. The molecule has 78 valence electrons. The first-order valence-corrected chi connectivity index (χ1v) is 5.13. The zero-order valence-electron chi connectivity index (χ0n) is 8.82. The predicted molar refractivity (Wildman–Crippen MR) is 64.6 cm³/mol. The number of aromatic amines is 1. The Morgan fingerprint density at radius 1 is 1.12 bits per heavy atom. The molecule has 3 rings (SSSR count). The van der Waals surface area contributed by atoms with Crippen molar-refractivity contribution in [3.8, 4) is 0 Å². The van der Waals surface area contributed by atoms with Crippen LogP contribution in [0.1, 0.15) is 5.69 Å². The maximum absolute atomic E-state index is 11.8. The molecule has 1 aromatic carbocycles. The fourth-order valence-corrected chi connectivity index (χ4v) is 1.98. The van der Waals surface area contributed by atoms with Gasteiger partial charge in [-0.3, -0.25) is 9.78 Å². The van der Waals surface area contributed by atoms with Crippen LogP contribution in [-0.2, 0) is 0 Å². The minimum Gasteiger partial charge on any atom is -0.361 e. The summed E-state index contributed by atoms with van der Waals surface area (Å²) in [7, 11) is 0. The number of pyridine rings is 2. The maximum atomic E-state index is 11.8. The van der Waals surface area contributed by atoms with Crippen molar-refractivity contribution in [3.63, 3.8) is 0 Å². The van der Waals surface area contributed by atoms with Crippen molar-refractivity contribution < 1.29 is 0 Å². The number of rotatable bonds is 0. The summed E-state index contributed by atoms with van der Waals surface area (Å²) in [4.78, 5) is 19.3. The van der Waals surface area contributed by atoms with Gasteiger partial charge in [-0.05, 0) is 25.1 Å². The van der Waals surface area contributed by atoms with E-state index in [-0.39, 0.29) is 5.43 Å². The smallest absolute Gasteiger partial charge is 0.190 e. The number of aromatic nitrogens is 2. The van der Waals surface area contributed by atoms with E-state index in [0.717, 1.165) is 22.1 Å². The molecule has 3 heteroatoms. The molecule has 0 aliphatic rings. The summed E-state index contributed by atoms with van der Waals surface area (Å²) in [5.41, 5.74) is 2.71.